The quantitative estimate of drug-likeness (QED) is 0.187. The molecule has 0 aliphatic rings. The SMILES string of the molecule is COc1ccc(C(N)=NC(c2ccccc2)(c2ccccc2)c2cc(Cl)ccc2OC)cc1OC. The summed E-state index contributed by atoms with van der Waals surface area (Å²) in [6, 6.07) is 31.0. The van der Waals surface area contributed by atoms with Crippen molar-refractivity contribution in [2.45, 2.75) is 5.54 Å². The number of nitrogens with zero attached hydrogens (tertiary/aromatic N) is 1. The Bertz CT molecular complexity index is 1290. The first-order valence-corrected chi connectivity index (χ1v) is 11.4. The van der Waals surface area contributed by atoms with Gasteiger partial charge >= 0.3 is 0 Å². The van der Waals surface area contributed by atoms with E-state index in [-0.39, 0.29) is 0 Å². The molecule has 5 nitrogen and oxygen atoms in total. The minimum Gasteiger partial charge on any atom is -0.496 e. The number of amidine groups is 1. The molecule has 4 rings (SSSR count). The molecule has 2 N–H and O–H groups in total. The van der Waals surface area contributed by atoms with Crippen LogP contribution in [0.2, 0.25) is 5.02 Å². The second-order valence-corrected chi connectivity index (χ2v) is 8.29. The van der Waals surface area contributed by atoms with Crippen LogP contribution < -0.4 is 19.9 Å². The third kappa shape index (κ3) is 4.68. The van der Waals surface area contributed by atoms with E-state index in [1.807, 2.05) is 91.0 Å². The molecule has 0 spiro atoms. The molecule has 0 heterocycles. The van der Waals surface area contributed by atoms with Gasteiger partial charge in [0.1, 0.15) is 17.1 Å². The largest absolute Gasteiger partial charge is 0.496 e. The summed E-state index contributed by atoms with van der Waals surface area (Å²) < 4.78 is 16.7. The number of halogens is 1. The van der Waals surface area contributed by atoms with Crippen LogP contribution in [0.25, 0.3) is 0 Å². The summed E-state index contributed by atoms with van der Waals surface area (Å²) in [5, 5.41) is 0.567. The van der Waals surface area contributed by atoms with E-state index in [9.17, 15) is 0 Å². The van der Waals surface area contributed by atoms with Crippen molar-refractivity contribution in [3.8, 4) is 17.2 Å². The molecule has 35 heavy (non-hydrogen) atoms. The summed E-state index contributed by atoms with van der Waals surface area (Å²) in [5.41, 5.74) is 8.96. The molecule has 0 saturated heterocycles. The van der Waals surface area contributed by atoms with Crippen LogP contribution in [0.15, 0.2) is 102 Å². The number of hydrogen-bond acceptors (Lipinski definition) is 4. The van der Waals surface area contributed by atoms with Crippen LogP contribution in [0.3, 0.4) is 0 Å². The zero-order valence-corrected chi connectivity index (χ0v) is 20.6. The molecule has 0 radical (unpaired) electrons. The fourth-order valence-electron chi connectivity index (χ4n) is 4.23. The first-order chi connectivity index (χ1) is 17.0. The molecular formula is C29H27ClN2O3. The van der Waals surface area contributed by atoms with Gasteiger partial charge in [0.15, 0.2) is 11.5 Å². The summed E-state index contributed by atoms with van der Waals surface area (Å²) in [4.78, 5) is 5.23. The van der Waals surface area contributed by atoms with Crippen molar-refractivity contribution >= 4 is 17.4 Å². The molecule has 0 bridgehead atoms. The fourth-order valence-corrected chi connectivity index (χ4v) is 4.40. The molecule has 6 heteroatoms. The monoisotopic (exact) mass is 486 g/mol. The Balaban J connectivity index is 2.08. The third-order valence-corrected chi connectivity index (χ3v) is 6.14. The van der Waals surface area contributed by atoms with E-state index in [0.717, 1.165) is 16.7 Å². The lowest BCUT2D eigenvalue weighted by molar-refractivity contribution is 0.355. The normalized spacial score (nSPS) is 11.7. The van der Waals surface area contributed by atoms with Gasteiger partial charge in [-0.2, -0.15) is 0 Å². The van der Waals surface area contributed by atoms with Crippen LogP contribution in [0.4, 0.5) is 0 Å². The van der Waals surface area contributed by atoms with Gasteiger partial charge in [0.05, 0.1) is 21.3 Å². The van der Waals surface area contributed by atoms with Crippen LogP contribution in [0.1, 0.15) is 22.3 Å². The van der Waals surface area contributed by atoms with Gasteiger partial charge in [-0.25, -0.2) is 4.99 Å². The van der Waals surface area contributed by atoms with Crippen LogP contribution in [-0.2, 0) is 5.54 Å². The van der Waals surface area contributed by atoms with E-state index in [4.69, 9.17) is 36.5 Å². The number of rotatable bonds is 8. The zero-order chi connectivity index (χ0) is 24.8. The molecule has 178 valence electrons. The highest BCUT2D eigenvalue weighted by Gasteiger charge is 2.39. The van der Waals surface area contributed by atoms with Gasteiger partial charge in [-0.15, -0.1) is 0 Å². The molecule has 0 amide bonds. The highest BCUT2D eigenvalue weighted by molar-refractivity contribution is 6.30. The first kappa shape index (κ1) is 24.2. The molecule has 4 aromatic carbocycles. The predicted octanol–water partition coefficient (Wildman–Crippen LogP) is 6.06. The van der Waals surface area contributed by atoms with Crippen molar-refractivity contribution in [2.24, 2.45) is 10.7 Å². The van der Waals surface area contributed by atoms with Crippen molar-refractivity contribution < 1.29 is 14.2 Å². The zero-order valence-electron chi connectivity index (χ0n) is 19.9. The van der Waals surface area contributed by atoms with Gasteiger partial charge in [-0.05, 0) is 47.5 Å². The van der Waals surface area contributed by atoms with Gasteiger partial charge in [0, 0.05) is 16.1 Å². The second-order valence-electron chi connectivity index (χ2n) is 7.85. The molecule has 0 fully saturated rings. The average Bonchev–Trinajstić information content (AvgIpc) is 2.92. The lowest BCUT2D eigenvalue weighted by Gasteiger charge is -2.34. The van der Waals surface area contributed by atoms with Gasteiger partial charge < -0.3 is 19.9 Å². The highest BCUT2D eigenvalue weighted by atomic mass is 35.5. The number of hydrogen-bond donors (Lipinski definition) is 1. The maximum atomic E-state index is 6.72. The van der Waals surface area contributed by atoms with Crippen molar-refractivity contribution in [1.29, 1.82) is 0 Å². The van der Waals surface area contributed by atoms with Crippen molar-refractivity contribution in [3.63, 3.8) is 0 Å². The number of ether oxygens (including phenoxy) is 3. The van der Waals surface area contributed by atoms with Gasteiger partial charge in [0.2, 0.25) is 0 Å². The smallest absolute Gasteiger partial charge is 0.161 e. The Kier molecular flexibility index (Phi) is 7.28. The molecule has 0 aromatic heterocycles. The Morgan fingerprint density at radius 1 is 0.686 bits per heavy atom. The molecule has 0 saturated carbocycles. The summed E-state index contributed by atoms with van der Waals surface area (Å²) >= 11 is 6.52. The van der Waals surface area contributed by atoms with E-state index in [2.05, 4.69) is 0 Å². The van der Waals surface area contributed by atoms with E-state index in [0.29, 0.717) is 33.7 Å². The molecule has 4 aromatic rings. The molecule has 0 unspecified atom stereocenters. The fraction of sp³-hybridized carbons (Fsp3) is 0.138. The van der Waals surface area contributed by atoms with Crippen LogP contribution in [-0.4, -0.2) is 27.2 Å². The van der Waals surface area contributed by atoms with E-state index < -0.39 is 5.54 Å². The minimum absolute atomic E-state index is 0.320. The Labute approximate surface area is 210 Å². The first-order valence-electron chi connectivity index (χ1n) is 11.1. The van der Waals surface area contributed by atoms with Gasteiger partial charge in [-0.1, -0.05) is 72.3 Å². The molecule has 0 aliphatic heterocycles. The molecular weight excluding hydrogens is 460 g/mol. The van der Waals surface area contributed by atoms with Crippen molar-refractivity contribution in [2.75, 3.05) is 21.3 Å². The van der Waals surface area contributed by atoms with Crippen molar-refractivity contribution in [1.82, 2.24) is 0 Å². The minimum atomic E-state index is -1.05. The summed E-state index contributed by atoms with van der Waals surface area (Å²) in [6.45, 7) is 0. The third-order valence-electron chi connectivity index (χ3n) is 5.90. The maximum Gasteiger partial charge on any atom is 0.161 e. The Morgan fingerprint density at radius 2 is 1.23 bits per heavy atom. The van der Waals surface area contributed by atoms with Gasteiger partial charge in [-0.3, -0.25) is 0 Å². The lowest BCUT2D eigenvalue weighted by Crippen LogP contribution is -2.31. The highest BCUT2D eigenvalue weighted by Crippen LogP contribution is 2.45. The summed E-state index contributed by atoms with van der Waals surface area (Å²) in [7, 11) is 4.81. The number of methoxy groups -OCH3 is 3. The van der Waals surface area contributed by atoms with Crippen LogP contribution >= 0.6 is 11.6 Å². The molecule has 0 aliphatic carbocycles. The van der Waals surface area contributed by atoms with Crippen LogP contribution in [0, 0.1) is 0 Å². The van der Waals surface area contributed by atoms with E-state index >= 15 is 0 Å². The summed E-state index contributed by atoms with van der Waals surface area (Å²) in [6.07, 6.45) is 0. The Hall–Kier alpha value is -3.96. The number of benzene rings is 4. The van der Waals surface area contributed by atoms with E-state index in [1.165, 1.54) is 0 Å². The lowest BCUT2D eigenvalue weighted by atomic mass is 9.77. The van der Waals surface area contributed by atoms with Gasteiger partial charge in [0.25, 0.3) is 0 Å². The molecule has 0 atom stereocenters. The standard InChI is InChI=1S/C29H27ClN2O3/c1-33-25-17-15-23(30)19-24(25)29(21-10-6-4-7-11-21,22-12-8-5-9-13-22)32-28(31)20-14-16-26(34-2)27(18-20)35-3/h4-19H,1-3H3,(H2,31,32). The predicted molar refractivity (Wildman–Crippen MR) is 141 cm³/mol. The van der Waals surface area contributed by atoms with E-state index in [1.54, 1.807) is 27.4 Å². The average molecular weight is 487 g/mol. The van der Waals surface area contributed by atoms with Crippen LogP contribution in [0.5, 0.6) is 17.2 Å². The maximum absolute atomic E-state index is 6.72. The summed E-state index contributed by atoms with van der Waals surface area (Å²) in [5.74, 6) is 2.14. The number of nitrogens with two attached hydrogens (primary N) is 1. The van der Waals surface area contributed by atoms with Crippen molar-refractivity contribution in [3.05, 3.63) is 124 Å². The second kappa shape index (κ2) is 10.5. The topological polar surface area (TPSA) is 66.1 Å². The Morgan fingerprint density at radius 3 is 1.77 bits per heavy atom. The number of aliphatic imine (C=N–C) groups is 1.